The summed E-state index contributed by atoms with van der Waals surface area (Å²) >= 11 is 1.47. The molecule has 1 saturated carbocycles. The molecule has 96 valence electrons. The van der Waals surface area contributed by atoms with E-state index < -0.39 is 0 Å². The molecule has 0 amide bonds. The highest BCUT2D eigenvalue weighted by molar-refractivity contribution is 7.10. The summed E-state index contributed by atoms with van der Waals surface area (Å²) in [7, 11) is 2.02. The molecule has 0 aromatic carbocycles. The fourth-order valence-corrected chi connectivity index (χ4v) is 2.95. The van der Waals surface area contributed by atoms with Gasteiger partial charge in [-0.25, -0.2) is 4.98 Å². The van der Waals surface area contributed by atoms with Gasteiger partial charge in [-0.05, 0) is 30.3 Å². The monoisotopic (exact) mass is 263 g/mol. The molecule has 0 spiro atoms. The zero-order chi connectivity index (χ0) is 12.5. The first-order valence-corrected chi connectivity index (χ1v) is 6.98. The molecule has 1 aliphatic carbocycles. The van der Waals surface area contributed by atoms with E-state index >= 15 is 0 Å². The van der Waals surface area contributed by atoms with E-state index in [-0.39, 0.29) is 0 Å². The molecule has 0 unspecified atom stereocenters. The van der Waals surface area contributed by atoms with E-state index in [4.69, 9.17) is 5.73 Å². The molecule has 18 heavy (non-hydrogen) atoms. The van der Waals surface area contributed by atoms with Crippen molar-refractivity contribution in [3.63, 3.8) is 0 Å². The maximum Gasteiger partial charge on any atom is 0.142 e. The molecule has 3 N–H and O–H groups in total. The summed E-state index contributed by atoms with van der Waals surface area (Å²) in [4.78, 5) is 4.31. The maximum atomic E-state index is 5.92. The van der Waals surface area contributed by atoms with Crippen LogP contribution in [0.2, 0.25) is 0 Å². The molecule has 1 fully saturated rings. The Morgan fingerprint density at radius 2 is 2.39 bits per heavy atom. The highest BCUT2D eigenvalue weighted by atomic mass is 32.1. The van der Waals surface area contributed by atoms with Crippen LogP contribution < -0.4 is 11.1 Å². The minimum absolute atomic E-state index is 0.638. The van der Waals surface area contributed by atoms with Gasteiger partial charge in [-0.1, -0.05) is 0 Å². The molecule has 2 heterocycles. The van der Waals surface area contributed by atoms with Gasteiger partial charge in [-0.15, -0.1) is 0 Å². The lowest BCUT2D eigenvalue weighted by Gasteiger charge is -2.06. The Morgan fingerprint density at radius 3 is 3.06 bits per heavy atom. The van der Waals surface area contributed by atoms with Crippen LogP contribution in [0.5, 0.6) is 0 Å². The lowest BCUT2D eigenvalue weighted by Crippen LogP contribution is -2.08. The normalized spacial score (nSPS) is 14.9. The van der Waals surface area contributed by atoms with E-state index in [0.717, 1.165) is 23.8 Å². The minimum Gasteiger partial charge on any atom is -0.383 e. The number of nitrogens with two attached hydrogens (primary N) is 1. The summed E-state index contributed by atoms with van der Waals surface area (Å²) in [5, 5.41) is 4.59. The van der Waals surface area contributed by atoms with Crippen LogP contribution in [0.15, 0.2) is 12.4 Å². The second-order valence-electron chi connectivity index (χ2n) is 4.72. The number of imidazole rings is 1. The molecule has 2 aromatic heterocycles. The van der Waals surface area contributed by atoms with E-state index in [1.807, 2.05) is 24.0 Å². The van der Waals surface area contributed by atoms with E-state index in [1.54, 1.807) is 0 Å². The van der Waals surface area contributed by atoms with Crippen LogP contribution in [-0.2, 0) is 13.5 Å². The molecule has 0 radical (unpaired) electrons. The van der Waals surface area contributed by atoms with Crippen LogP contribution in [0.3, 0.4) is 0 Å². The smallest absolute Gasteiger partial charge is 0.142 e. The lowest BCUT2D eigenvalue weighted by atomic mass is 10.2. The molecular weight excluding hydrogens is 246 g/mol. The molecule has 0 atom stereocenters. The first-order chi connectivity index (χ1) is 8.75. The van der Waals surface area contributed by atoms with Gasteiger partial charge in [0.15, 0.2) is 0 Å². The molecule has 6 heteroatoms. The first kappa shape index (κ1) is 11.5. The minimum atomic E-state index is 0.638. The molecule has 1 aliphatic rings. The van der Waals surface area contributed by atoms with Crippen molar-refractivity contribution in [3.8, 4) is 0 Å². The summed E-state index contributed by atoms with van der Waals surface area (Å²) in [5.41, 5.74) is 7.15. The Hall–Kier alpha value is -1.56. The van der Waals surface area contributed by atoms with Gasteiger partial charge in [0, 0.05) is 38.0 Å². The van der Waals surface area contributed by atoms with Gasteiger partial charge >= 0.3 is 0 Å². The van der Waals surface area contributed by atoms with Gasteiger partial charge in [0.05, 0.1) is 0 Å². The largest absolute Gasteiger partial charge is 0.383 e. The van der Waals surface area contributed by atoms with Crippen LogP contribution in [0.4, 0.5) is 10.8 Å². The molecule has 5 nitrogen and oxygen atoms in total. The topological polar surface area (TPSA) is 68.8 Å². The SMILES string of the molecule is Cn1ccnc1CCNc1snc(N)c1C1CC1. The molecular formula is C12H17N5S. The predicted molar refractivity (Wildman–Crippen MR) is 73.9 cm³/mol. The fourth-order valence-electron chi connectivity index (χ4n) is 2.13. The Kier molecular flexibility index (Phi) is 2.95. The maximum absolute atomic E-state index is 5.92. The second-order valence-corrected chi connectivity index (χ2v) is 5.49. The third kappa shape index (κ3) is 2.20. The number of hydrogen-bond acceptors (Lipinski definition) is 5. The average Bonchev–Trinajstić information content (AvgIpc) is 3.01. The Morgan fingerprint density at radius 1 is 1.56 bits per heavy atom. The number of nitrogens with zero attached hydrogens (tertiary/aromatic N) is 3. The molecule has 0 aliphatic heterocycles. The second kappa shape index (κ2) is 4.61. The number of anilines is 2. The van der Waals surface area contributed by atoms with Crippen molar-refractivity contribution in [2.24, 2.45) is 7.05 Å². The summed E-state index contributed by atoms with van der Waals surface area (Å²) < 4.78 is 6.29. The number of nitrogen functional groups attached to an aromatic ring is 1. The van der Waals surface area contributed by atoms with Gasteiger partial charge < -0.3 is 15.6 Å². The molecule has 2 aromatic rings. The van der Waals surface area contributed by atoms with E-state index in [0.29, 0.717) is 11.7 Å². The van der Waals surface area contributed by atoms with Crippen molar-refractivity contribution >= 4 is 22.4 Å². The lowest BCUT2D eigenvalue weighted by molar-refractivity contribution is 0.790. The van der Waals surface area contributed by atoms with Gasteiger partial charge in [-0.3, -0.25) is 0 Å². The number of hydrogen-bond donors (Lipinski definition) is 2. The van der Waals surface area contributed by atoms with Crippen LogP contribution in [0.25, 0.3) is 0 Å². The predicted octanol–water partition coefficient (Wildman–Crippen LogP) is 1.99. The first-order valence-electron chi connectivity index (χ1n) is 6.21. The number of aromatic nitrogens is 3. The van der Waals surface area contributed by atoms with Crippen molar-refractivity contribution in [1.82, 2.24) is 13.9 Å². The molecule has 0 saturated heterocycles. The summed E-state index contributed by atoms with van der Waals surface area (Å²) in [6, 6.07) is 0. The fraction of sp³-hybridized carbons (Fsp3) is 0.500. The number of nitrogens with one attached hydrogen (secondary N) is 1. The Balaban J connectivity index is 1.62. The number of aryl methyl sites for hydroxylation is 1. The highest BCUT2D eigenvalue weighted by Gasteiger charge is 2.30. The van der Waals surface area contributed by atoms with Crippen molar-refractivity contribution in [2.75, 3.05) is 17.6 Å². The van der Waals surface area contributed by atoms with Crippen LogP contribution >= 0.6 is 11.5 Å². The summed E-state index contributed by atoms with van der Waals surface area (Å²) in [6.07, 6.45) is 7.20. The Labute approximate surface area is 110 Å². The van der Waals surface area contributed by atoms with Gasteiger partial charge in [0.2, 0.25) is 0 Å². The summed E-state index contributed by atoms with van der Waals surface area (Å²) in [5.74, 6) is 2.44. The van der Waals surface area contributed by atoms with Crippen LogP contribution in [-0.4, -0.2) is 20.5 Å². The van der Waals surface area contributed by atoms with Crippen molar-refractivity contribution in [2.45, 2.75) is 25.2 Å². The van der Waals surface area contributed by atoms with Gasteiger partial charge in [0.25, 0.3) is 0 Å². The quantitative estimate of drug-likeness (QED) is 0.865. The van der Waals surface area contributed by atoms with Gasteiger partial charge in [-0.2, -0.15) is 4.37 Å². The van der Waals surface area contributed by atoms with Crippen LogP contribution in [0.1, 0.15) is 30.1 Å². The molecule has 3 rings (SSSR count). The van der Waals surface area contributed by atoms with Crippen molar-refractivity contribution in [3.05, 3.63) is 23.8 Å². The third-order valence-corrected chi connectivity index (χ3v) is 4.13. The molecule has 0 bridgehead atoms. The van der Waals surface area contributed by atoms with Crippen molar-refractivity contribution < 1.29 is 0 Å². The zero-order valence-corrected chi connectivity index (χ0v) is 11.2. The van der Waals surface area contributed by atoms with E-state index in [9.17, 15) is 0 Å². The van der Waals surface area contributed by atoms with Crippen molar-refractivity contribution in [1.29, 1.82) is 0 Å². The summed E-state index contributed by atoms with van der Waals surface area (Å²) in [6.45, 7) is 0.867. The Bertz CT molecular complexity index is 540. The van der Waals surface area contributed by atoms with E-state index in [1.165, 1.54) is 29.9 Å². The highest BCUT2D eigenvalue weighted by Crippen LogP contribution is 2.47. The van der Waals surface area contributed by atoms with Crippen LogP contribution in [0, 0.1) is 0 Å². The third-order valence-electron chi connectivity index (χ3n) is 3.30. The zero-order valence-electron chi connectivity index (χ0n) is 10.4. The number of rotatable bonds is 5. The van der Waals surface area contributed by atoms with E-state index in [2.05, 4.69) is 14.7 Å². The standard InChI is InChI=1S/C12H17N5S/c1-17-7-6-14-9(17)4-5-15-12-10(8-2-3-8)11(13)16-18-12/h6-8,15H,2-5H2,1H3,(H2,13,16). The van der Waals surface area contributed by atoms with Gasteiger partial charge in [0.1, 0.15) is 16.6 Å². The average molecular weight is 263 g/mol.